The van der Waals surface area contributed by atoms with Crippen LogP contribution >= 0.6 is 11.6 Å². The van der Waals surface area contributed by atoms with Crippen LogP contribution in [-0.4, -0.2) is 34.4 Å². The number of aromatic nitrogens is 1. The number of fused-ring (bicyclic) bond motifs is 1. The Labute approximate surface area is 154 Å². The molecule has 3 rings (SSSR count). The van der Waals surface area contributed by atoms with Crippen molar-refractivity contribution < 1.29 is 24.0 Å². The van der Waals surface area contributed by atoms with Gasteiger partial charge in [-0.05, 0) is 24.1 Å². The summed E-state index contributed by atoms with van der Waals surface area (Å²) in [5, 5.41) is 0.562. The van der Waals surface area contributed by atoms with E-state index in [2.05, 4.69) is 4.98 Å². The zero-order valence-corrected chi connectivity index (χ0v) is 14.8. The molecule has 0 aliphatic carbocycles. The van der Waals surface area contributed by atoms with Crippen molar-refractivity contribution >= 4 is 29.4 Å². The lowest BCUT2D eigenvalue weighted by atomic mass is 10.1. The molecule has 1 aromatic carbocycles. The summed E-state index contributed by atoms with van der Waals surface area (Å²) in [5.74, 6) is -1.85. The second kappa shape index (κ2) is 7.13. The van der Waals surface area contributed by atoms with Crippen molar-refractivity contribution in [3.05, 3.63) is 58.2 Å². The van der Waals surface area contributed by atoms with Gasteiger partial charge in [0, 0.05) is 6.20 Å². The van der Waals surface area contributed by atoms with Gasteiger partial charge >= 0.3 is 5.97 Å². The highest BCUT2D eigenvalue weighted by Crippen LogP contribution is 2.26. The summed E-state index contributed by atoms with van der Waals surface area (Å²) in [6.07, 6.45) is 1.21. The molecule has 134 valence electrons. The molecule has 2 amide bonds. The number of imide groups is 1. The van der Waals surface area contributed by atoms with Crippen LogP contribution in [0.3, 0.4) is 0 Å². The zero-order chi connectivity index (χ0) is 18.8. The zero-order valence-electron chi connectivity index (χ0n) is 14.1. The van der Waals surface area contributed by atoms with Crippen LogP contribution in [-0.2, 0) is 4.84 Å². The van der Waals surface area contributed by atoms with E-state index in [1.54, 1.807) is 12.1 Å². The van der Waals surface area contributed by atoms with Gasteiger partial charge in [-0.3, -0.25) is 9.59 Å². The molecule has 26 heavy (non-hydrogen) atoms. The highest BCUT2D eigenvalue weighted by atomic mass is 35.5. The van der Waals surface area contributed by atoms with Crippen LogP contribution in [0.1, 0.15) is 44.9 Å². The van der Waals surface area contributed by atoms with Gasteiger partial charge in [0.2, 0.25) is 5.88 Å². The first-order chi connectivity index (χ1) is 12.4. The Hall–Kier alpha value is -2.93. The second-order valence-electron chi connectivity index (χ2n) is 6.04. The normalized spacial score (nSPS) is 13.2. The molecule has 0 fully saturated rings. The molecule has 2 heterocycles. The minimum atomic E-state index is -0.927. The molecule has 0 bridgehead atoms. The number of halogens is 1. The maximum Gasteiger partial charge on any atom is 0.365 e. The molecular formula is C18H15ClN2O5. The van der Waals surface area contributed by atoms with E-state index in [9.17, 15) is 14.4 Å². The van der Waals surface area contributed by atoms with E-state index in [0.29, 0.717) is 11.7 Å². The summed E-state index contributed by atoms with van der Waals surface area (Å²) in [5.41, 5.74) is 0.348. The Morgan fingerprint density at radius 2 is 1.81 bits per heavy atom. The van der Waals surface area contributed by atoms with Crippen molar-refractivity contribution in [3.63, 3.8) is 0 Å². The summed E-state index contributed by atoms with van der Waals surface area (Å²) < 4.78 is 5.43. The standard InChI is InChI=1S/C18H15ClN2O5/c1-10(2)9-25-15-14(19)7-11(8-20-15)18(24)26-21-16(22)12-5-3-4-6-13(12)17(21)23/h3-8,10H,9H2,1-2H3. The topological polar surface area (TPSA) is 85.8 Å². The first kappa shape index (κ1) is 17.9. The minimum absolute atomic E-state index is 0.0107. The largest absolute Gasteiger partial charge is 0.476 e. The van der Waals surface area contributed by atoms with E-state index < -0.39 is 17.8 Å². The molecule has 1 aliphatic rings. The number of rotatable bonds is 5. The van der Waals surface area contributed by atoms with E-state index in [0.717, 1.165) is 0 Å². The van der Waals surface area contributed by atoms with Crippen molar-refractivity contribution in [1.82, 2.24) is 10.0 Å². The molecule has 8 heteroatoms. The molecule has 0 saturated carbocycles. The Balaban J connectivity index is 1.74. The fourth-order valence-electron chi connectivity index (χ4n) is 2.27. The second-order valence-corrected chi connectivity index (χ2v) is 6.45. The third-order valence-corrected chi connectivity index (χ3v) is 3.80. The third-order valence-electron chi connectivity index (χ3n) is 3.53. The number of nitrogens with zero attached hydrogens (tertiary/aromatic N) is 2. The third kappa shape index (κ3) is 3.39. The maximum atomic E-state index is 12.3. The number of benzene rings is 1. The molecule has 0 saturated heterocycles. The van der Waals surface area contributed by atoms with E-state index in [4.69, 9.17) is 21.2 Å². The van der Waals surface area contributed by atoms with Gasteiger partial charge < -0.3 is 9.57 Å². The number of ether oxygens (including phenoxy) is 1. The van der Waals surface area contributed by atoms with Crippen LogP contribution < -0.4 is 4.74 Å². The monoisotopic (exact) mass is 374 g/mol. The van der Waals surface area contributed by atoms with Crippen molar-refractivity contribution in [2.45, 2.75) is 13.8 Å². The fourth-order valence-corrected chi connectivity index (χ4v) is 2.50. The molecule has 0 unspecified atom stereocenters. The summed E-state index contributed by atoms with van der Waals surface area (Å²) in [6.45, 7) is 4.37. The van der Waals surface area contributed by atoms with E-state index >= 15 is 0 Å². The lowest BCUT2D eigenvalue weighted by molar-refractivity contribution is -0.0584. The van der Waals surface area contributed by atoms with Crippen molar-refractivity contribution in [2.75, 3.05) is 6.61 Å². The molecule has 1 aliphatic heterocycles. The van der Waals surface area contributed by atoms with Gasteiger partial charge in [0.25, 0.3) is 11.8 Å². The van der Waals surface area contributed by atoms with Crippen LogP contribution in [0.15, 0.2) is 36.5 Å². The number of amides is 2. The highest BCUT2D eigenvalue weighted by Gasteiger charge is 2.38. The van der Waals surface area contributed by atoms with Gasteiger partial charge in [-0.2, -0.15) is 0 Å². The number of hydrogen-bond acceptors (Lipinski definition) is 6. The smallest absolute Gasteiger partial charge is 0.365 e. The van der Waals surface area contributed by atoms with Crippen molar-refractivity contribution in [2.24, 2.45) is 5.92 Å². The highest BCUT2D eigenvalue weighted by molar-refractivity contribution is 6.32. The van der Waals surface area contributed by atoms with Gasteiger partial charge in [-0.15, -0.1) is 0 Å². The molecular weight excluding hydrogens is 360 g/mol. The SMILES string of the molecule is CC(C)COc1ncc(C(=O)ON2C(=O)c3ccccc3C2=O)cc1Cl. The Morgan fingerprint density at radius 1 is 1.19 bits per heavy atom. The molecule has 0 spiro atoms. The van der Waals surface area contributed by atoms with Crippen LogP contribution in [0.25, 0.3) is 0 Å². The molecule has 0 N–H and O–H groups in total. The first-order valence-corrected chi connectivity index (χ1v) is 8.24. The Bertz CT molecular complexity index is 862. The minimum Gasteiger partial charge on any atom is -0.476 e. The van der Waals surface area contributed by atoms with Gasteiger partial charge in [0.15, 0.2) is 0 Å². The molecule has 1 aromatic heterocycles. The van der Waals surface area contributed by atoms with Crippen LogP contribution in [0.4, 0.5) is 0 Å². The summed E-state index contributed by atoms with van der Waals surface area (Å²) in [7, 11) is 0. The quantitative estimate of drug-likeness (QED) is 0.747. The van der Waals surface area contributed by atoms with Crippen molar-refractivity contribution in [3.8, 4) is 5.88 Å². The van der Waals surface area contributed by atoms with Gasteiger partial charge in [0.05, 0.1) is 23.3 Å². The van der Waals surface area contributed by atoms with Crippen LogP contribution in [0.2, 0.25) is 5.02 Å². The van der Waals surface area contributed by atoms with Crippen molar-refractivity contribution in [1.29, 1.82) is 0 Å². The van der Waals surface area contributed by atoms with E-state index in [-0.39, 0.29) is 33.5 Å². The molecule has 2 aromatic rings. The summed E-state index contributed by atoms with van der Waals surface area (Å²) >= 11 is 6.06. The van der Waals surface area contributed by atoms with Crippen LogP contribution in [0, 0.1) is 5.92 Å². The predicted octanol–water partition coefficient (Wildman–Crippen LogP) is 3.14. The Morgan fingerprint density at radius 3 is 2.35 bits per heavy atom. The average Bonchev–Trinajstić information content (AvgIpc) is 2.86. The fraction of sp³-hybridized carbons (Fsp3) is 0.222. The summed E-state index contributed by atoms with van der Waals surface area (Å²) in [6, 6.07) is 7.53. The average molecular weight is 375 g/mol. The first-order valence-electron chi connectivity index (χ1n) is 7.87. The lowest BCUT2D eigenvalue weighted by Crippen LogP contribution is -2.32. The van der Waals surface area contributed by atoms with E-state index in [1.165, 1.54) is 24.4 Å². The van der Waals surface area contributed by atoms with Gasteiger partial charge in [-0.25, -0.2) is 9.78 Å². The number of hydrogen-bond donors (Lipinski definition) is 0. The summed E-state index contributed by atoms with van der Waals surface area (Å²) in [4.78, 5) is 45.6. The van der Waals surface area contributed by atoms with Crippen LogP contribution in [0.5, 0.6) is 5.88 Å². The lowest BCUT2D eigenvalue weighted by Gasteiger charge is -2.13. The maximum absolute atomic E-state index is 12.3. The molecule has 7 nitrogen and oxygen atoms in total. The van der Waals surface area contributed by atoms with Gasteiger partial charge in [-0.1, -0.05) is 42.6 Å². The van der Waals surface area contributed by atoms with Gasteiger partial charge in [0.1, 0.15) is 5.02 Å². The number of pyridine rings is 1. The molecule has 0 radical (unpaired) electrons. The number of hydroxylamine groups is 2. The molecule has 0 atom stereocenters. The Kier molecular flexibility index (Phi) is 4.90. The van der Waals surface area contributed by atoms with E-state index in [1.807, 2.05) is 13.8 Å². The number of carbonyl (C=O) groups is 3. The predicted molar refractivity (Wildman–Crippen MR) is 91.9 cm³/mol. The number of carbonyl (C=O) groups excluding carboxylic acids is 3.